The molecule has 6 aliphatic heterocycles. The quantitative estimate of drug-likeness (QED) is 0.0610. The van der Waals surface area contributed by atoms with Crippen molar-refractivity contribution in [1.29, 1.82) is 0 Å². The number of aliphatic hydroxyl groups is 16. The zero-order chi connectivity index (χ0) is 59.9. The zero-order valence-corrected chi connectivity index (χ0v) is 47.6. The third-order valence-electron chi connectivity index (χ3n) is 21.2. The molecule has 9 fully saturated rings. The maximum Gasteiger partial charge on any atom is 0.187 e. The molecule has 0 aromatic heterocycles. The van der Waals surface area contributed by atoms with E-state index in [4.69, 9.17) is 52.1 Å². The van der Waals surface area contributed by atoms with Gasteiger partial charge < -0.3 is 134 Å². The largest absolute Gasteiger partial charge is 0.394 e. The molecule has 4 aliphatic carbocycles. The lowest BCUT2D eigenvalue weighted by molar-refractivity contribution is -0.395. The summed E-state index contributed by atoms with van der Waals surface area (Å²) in [6.45, 7) is 7.61. The summed E-state index contributed by atoms with van der Waals surface area (Å²) in [5, 5.41) is 172. The van der Waals surface area contributed by atoms with Crippen LogP contribution < -0.4 is 0 Å². The van der Waals surface area contributed by atoms with E-state index in [0.29, 0.717) is 43.4 Å². The average molecular weight is 1200 g/mol. The smallest absolute Gasteiger partial charge is 0.187 e. The molecule has 3 saturated carbocycles. The number of aliphatic hydroxyl groups excluding tert-OH is 15. The van der Waals surface area contributed by atoms with Gasteiger partial charge in [0, 0.05) is 12.3 Å². The second-order valence-electron chi connectivity index (χ2n) is 26.2. The summed E-state index contributed by atoms with van der Waals surface area (Å²) in [6.07, 6.45) is -30.4. The predicted molar refractivity (Wildman–Crippen MR) is 277 cm³/mol. The molecule has 10 rings (SSSR count). The Bertz CT molecular complexity index is 2180. The van der Waals surface area contributed by atoms with E-state index in [9.17, 15) is 81.7 Å². The van der Waals surface area contributed by atoms with E-state index in [0.717, 1.165) is 32.1 Å². The molecule has 0 aromatic carbocycles. The molecule has 27 heteroatoms. The number of hydrogen-bond donors (Lipinski definition) is 16. The molecule has 83 heavy (non-hydrogen) atoms. The lowest BCUT2D eigenvalue weighted by atomic mass is 9.47. The van der Waals surface area contributed by atoms with Gasteiger partial charge in [0.1, 0.15) is 110 Å². The lowest BCUT2D eigenvalue weighted by Crippen LogP contribution is -2.67. The van der Waals surface area contributed by atoms with Crippen LogP contribution in [-0.4, -0.2) is 280 Å². The van der Waals surface area contributed by atoms with E-state index in [1.54, 1.807) is 0 Å². The van der Waals surface area contributed by atoms with Gasteiger partial charge in [0.05, 0.1) is 51.3 Å². The summed E-state index contributed by atoms with van der Waals surface area (Å²) < 4.78 is 66.1. The second kappa shape index (κ2) is 25.5. The normalized spacial score (nSPS) is 55.0. The molecule has 0 amide bonds. The molecule has 0 aromatic rings. The first-order chi connectivity index (χ1) is 39.3. The van der Waals surface area contributed by atoms with Crippen LogP contribution in [0.25, 0.3) is 0 Å². The number of ether oxygens (including phenoxy) is 11. The van der Waals surface area contributed by atoms with E-state index in [2.05, 4.69) is 26.8 Å². The van der Waals surface area contributed by atoms with Crippen molar-refractivity contribution < 1.29 is 134 Å². The second-order valence-corrected chi connectivity index (χ2v) is 26.2. The zero-order valence-electron chi connectivity index (χ0n) is 47.6. The van der Waals surface area contributed by atoms with Crippen molar-refractivity contribution in [2.75, 3.05) is 33.0 Å². The van der Waals surface area contributed by atoms with Gasteiger partial charge in [-0.3, -0.25) is 0 Å². The average Bonchev–Trinajstić information content (AvgIpc) is 1.68. The van der Waals surface area contributed by atoms with Crippen LogP contribution in [0.5, 0.6) is 0 Å². The van der Waals surface area contributed by atoms with Gasteiger partial charge in [-0.1, -0.05) is 39.3 Å². The molecule has 6 saturated heterocycles. The van der Waals surface area contributed by atoms with Crippen LogP contribution in [-0.2, 0) is 52.1 Å². The van der Waals surface area contributed by atoms with Gasteiger partial charge in [0.15, 0.2) is 37.2 Å². The first-order valence-corrected chi connectivity index (χ1v) is 29.8. The standard InChI is InChI=1S/C56H92O27/c1-21(19-73-49-42(68)40(66)37(63)31(16-57)77-49)8-13-56(72)22(2)34-30(83-56)15-28-26-7-6-24-14-25(9-11-54(24,4)27(26)10-12-55(28,34)5)76-53-48(82-51-43(69)39(65)35(61)23(3)75-51)44(70)46(33(18-59)79-53)80-52-45(71)47(38(64)32(17-58)78-52)81-50-41(67)36(62)29(60)20-74-50/h6,21-23,25-53,57-72H,7-20H2,1-5H3/t21-,22+,23+,25+,26-,27+,28+,29-,30+,31-,32-,33-,34+,35+,36+,37-,38-,39-,40+,41-,42-,43-,44+,45-,46-,47+,48-,49-,50+,51+,52+,53-,54+,55+,56-/m1/s1. The molecule has 10 aliphatic rings. The lowest BCUT2D eigenvalue weighted by Gasteiger charge is -2.58. The highest BCUT2D eigenvalue weighted by Gasteiger charge is 2.68. The molecular weight excluding hydrogens is 1100 g/mol. The van der Waals surface area contributed by atoms with Crippen LogP contribution in [0.4, 0.5) is 0 Å². The van der Waals surface area contributed by atoms with Gasteiger partial charge >= 0.3 is 0 Å². The number of hydrogen-bond acceptors (Lipinski definition) is 27. The highest BCUT2D eigenvalue weighted by Crippen LogP contribution is 2.70. The summed E-state index contributed by atoms with van der Waals surface area (Å²) in [6, 6.07) is 0. The maximum atomic E-state index is 12.3. The van der Waals surface area contributed by atoms with Crippen LogP contribution in [0, 0.1) is 46.3 Å². The van der Waals surface area contributed by atoms with Crippen molar-refractivity contribution in [1.82, 2.24) is 0 Å². The Morgan fingerprint density at radius 2 is 1.22 bits per heavy atom. The Morgan fingerprint density at radius 1 is 0.602 bits per heavy atom. The first kappa shape index (κ1) is 64.6. The SMILES string of the molecule is C[C@H](CC[C@@]1(O)O[C@H]2C[C@H]3[C@@H]4CC=C5C[C@@H](O[C@@H]6O[C@H](CO)[C@@H](O[C@@H]7O[C@H](CO)[C@@H](O)[C@H](O[C@@H]8OC[C@@H](O)[C@H](O)[C@H]8O)[C@H]7O)[C@H](O)[C@H]6O[C@@H]6O[C@@H](C)[C@H](O)[C@@H](O)[C@H]6O)CC[C@]5(C)[C@H]4CC[C@]3(C)[C@H]2[C@@H]1C)CO[C@@H]1O[C@H](CO)[C@@H](O)[C@H](O)[C@H]1O. The Hall–Kier alpha value is -1.34. The maximum absolute atomic E-state index is 12.3. The molecule has 478 valence electrons. The van der Waals surface area contributed by atoms with Crippen LogP contribution in [0.2, 0.25) is 0 Å². The summed E-state index contributed by atoms with van der Waals surface area (Å²) >= 11 is 0. The molecular formula is C56H92O27. The summed E-state index contributed by atoms with van der Waals surface area (Å²) in [4.78, 5) is 0. The Labute approximate surface area is 481 Å². The van der Waals surface area contributed by atoms with E-state index < -0.39 is 186 Å². The van der Waals surface area contributed by atoms with E-state index in [-0.39, 0.29) is 41.3 Å². The number of rotatable bonds is 17. The molecule has 27 nitrogen and oxygen atoms in total. The van der Waals surface area contributed by atoms with Crippen LogP contribution in [0.15, 0.2) is 11.6 Å². The molecule has 6 heterocycles. The minimum atomic E-state index is -1.96. The van der Waals surface area contributed by atoms with E-state index >= 15 is 0 Å². The van der Waals surface area contributed by atoms with Crippen molar-refractivity contribution in [2.24, 2.45) is 46.3 Å². The van der Waals surface area contributed by atoms with E-state index in [1.807, 2.05) is 6.92 Å². The molecule has 0 spiro atoms. The van der Waals surface area contributed by atoms with Crippen LogP contribution in [0.1, 0.15) is 92.4 Å². The number of allylic oxidation sites excluding steroid dienone is 1. The van der Waals surface area contributed by atoms with Crippen molar-refractivity contribution in [3.63, 3.8) is 0 Å². The minimum absolute atomic E-state index is 0.0994. The topological polar surface area (TPSA) is 425 Å². The molecule has 0 radical (unpaired) electrons. The van der Waals surface area contributed by atoms with Crippen molar-refractivity contribution in [3.05, 3.63) is 11.6 Å². The van der Waals surface area contributed by atoms with Gasteiger partial charge in [0.2, 0.25) is 0 Å². The van der Waals surface area contributed by atoms with Crippen molar-refractivity contribution >= 4 is 0 Å². The first-order valence-electron chi connectivity index (χ1n) is 29.8. The van der Waals surface area contributed by atoms with Gasteiger partial charge in [0.25, 0.3) is 0 Å². The fraction of sp³-hybridized carbons (Fsp3) is 0.964. The Kier molecular flexibility index (Phi) is 19.9. The molecule has 0 unspecified atom stereocenters. The van der Waals surface area contributed by atoms with Gasteiger partial charge in [-0.05, 0) is 98.7 Å². The van der Waals surface area contributed by atoms with Crippen molar-refractivity contribution in [3.8, 4) is 0 Å². The highest BCUT2D eigenvalue weighted by molar-refractivity contribution is 5.26. The van der Waals surface area contributed by atoms with E-state index in [1.165, 1.54) is 12.5 Å². The molecule has 35 atom stereocenters. The highest BCUT2D eigenvalue weighted by atomic mass is 16.8. The van der Waals surface area contributed by atoms with Crippen LogP contribution in [0.3, 0.4) is 0 Å². The van der Waals surface area contributed by atoms with Gasteiger partial charge in [-0.2, -0.15) is 0 Å². The fourth-order valence-corrected chi connectivity index (χ4v) is 16.2. The van der Waals surface area contributed by atoms with Crippen molar-refractivity contribution in [2.45, 2.75) is 258 Å². The Balaban J connectivity index is 0.800. The predicted octanol–water partition coefficient (Wildman–Crippen LogP) is -4.54. The third kappa shape index (κ3) is 11.9. The fourth-order valence-electron chi connectivity index (χ4n) is 16.2. The Morgan fingerprint density at radius 3 is 1.93 bits per heavy atom. The van der Waals surface area contributed by atoms with Crippen LogP contribution >= 0.6 is 0 Å². The molecule has 0 bridgehead atoms. The number of fused-ring (bicyclic) bond motifs is 7. The van der Waals surface area contributed by atoms with Gasteiger partial charge in [-0.15, -0.1) is 0 Å². The summed E-state index contributed by atoms with van der Waals surface area (Å²) in [5.41, 5.74) is 0.914. The monoisotopic (exact) mass is 1200 g/mol. The van der Waals surface area contributed by atoms with Gasteiger partial charge in [-0.25, -0.2) is 0 Å². The third-order valence-corrected chi connectivity index (χ3v) is 21.2. The summed E-state index contributed by atoms with van der Waals surface area (Å²) in [7, 11) is 0. The minimum Gasteiger partial charge on any atom is -0.394 e. The summed E-state index contributed by atoms with van der Waals surface area (Å²) in [5.74, 6) is -0.495. The molecule has 16 N–H and O–H groups in total.